The molecule has 0 bridgehead atoms. The van der Waals surface area contributed by atoms with Gasteiger partial charge in [-0.05, 0) is 24.1 Å². The average Bonchev–Trinajstić information content (AvgIpc) is 2.45. The Bertz CT molecular complexity index is 546. The van der Waals surface area contributed by atoms with Crippen LogP contribution in [0.1, 0.15) is 18.0 Å². The van der Waals surface area contributed by atoms with Gasteiger partial charge in [-0.1, -0.05) is 18.2 Å². The van der Waals surface area contributed by atoms with Crippen molar-refractivity contribution < 1.29 is 8.42 Å². The van der Waals surface area contributed by atoms with Gasteiger partial charge in [0, 0.05) is 38.5 Å². The molecule has 1 atom stereocenters. The third kappa shape index (κ3) is 3.69. The highest BCUT2D eigenvalue weighted by Crippen LogP contribution is 2.26. The molecule has 1 aliphatic heterocycles. The van der Waals surface area contributed by atoms with Crippen LogP contribution >= 0.6 is 0 Å². The van der Waals surface area contributed by atoms with E-state index in [1.54, 1.807) is 12.1 Å². The van der Waals surface area contributed by atoms with Gasteiger partial charge in [0.15, 0.2) is 9.84 Å². The number of rotatable bonds is 5. The second-order valence-corrected chi connectivity index (χ2v) is 7.18. The Morgan fingerprint density at radius 2 is 1.90 bits per heavy atom. The summed E-state index contributed by atoms with van der Waals surface area (Å²) in [6, 6.07) is 7.52. The molecule has 0 unspecified atom stereocenters. The van der Waals surface area contributed by atoms with Crippen molar-refractivity contribution >= 4 is 9.84 Å². The second kappa shape index (κ2) is 6.52. The molecule has 1 aromatic rings. The van der Waals surface area contributed by atoms with Crippen LogP contribution in [0.25, 0.3) is 0 Å². The number of benzene rings is 1. The first-order chi connectivity index (χ1) is 9.52. The highest BCUT2D eigenvalue weighted by atomic mass is 32.2. The summed E-state index contributed by atoms with van der Waals surface area (Å²) in [6.45, 7) is 7.84. The number of nitrogens with zero attached hydrogens (tertiary/aromatic N) is 1. The Hall–Kier alpha value is -1.17. The molecule has 1 N–H and O–H groups in total. The Morgan fingerprint density at radius 1 is 1.30 bits per heavy atom. The maximum atomic E-state index is 11.5. The lowest BCUT2D eigenvalue weighted by Crippen LogP contribution is -2.45. The Kier molecular flexibility index (Phi) is 4.96. The standard InChI is InChI=1S/C15H22N2O2S/c1-3-4-15(17-11-9-16-10-12-17)13-5-7-14(8-6-13)20(2,18)19/h3,5-8,15-16H,1,4,9-12H2,2H3/t15-/m1/s1. The highest BCUT2D eigenvalue weighted by molar-refractivity contribution is 7.90. The summed E-state index contributed by atoms with van der Waals surface area (Å²) in [4.78, 5) is 2.80. The van der Waals surface area contributed by atoms with E-state index in [2.05, 4.69) is 16.8 Å². The highest BCUT2D eigenvalue weighted by Gasteiger charge is 2.21. The normalized spacial score (nSPS) is 18.6. The fourth-order valence-corrected chi connectivity index (χ4v) is 3.22. The van der Waals surface area contributed by atoms with Crippen LogP contribution < -0.4 is 5.32 Å². The largest absolute Gasteiger partial charge is 0.314 e. The van der Waals surface area contributed by atoms with Crippen LogP contribution in [0, 0.1) is 0 Å². The summed E-state index contributed by atoms with van der Waals surface area (Å²) in [5.41, 5.74) is 1.15. The van der Waals surface area contributed by atoms with E-state index in [9.17, 15) is 8.42 Å². The van der Waals surface area contributed by atoms with E-state index < -0.39 is 9.84 Å². The molecule has 20 heavy (non-hydrogen) atoms. The second-order valence-electron chi connectivity index (χ2n) is 5.17. The molecule has 5 heteroatoms. The van der Waals surface area contributed by atoms with Gasteiger partial charge in [0.2, 0.25) is 0 Å². The fraction of sp³-hybridized carbons (Fsp3) is 0.467. The van der Waals surface area contributed by atoms with Gasteiger partial charge < -0.3 is 5.32 Å². The average molecular weight is 294 g/mol. The van der Waals surface area contributed by atoms with Crippen LogP contribution in [-0.2, 0) is 9.84 Å². The van der Waals surface area contributed by atoms with Crippen molar-refractivity contribution in [3.63, 3.8) is 0 Å². The van der Waals surface area contributed by atoms with E-state index in [4.69, 9.17) is 0 Å². The smallest absolute Gasteiger partial charge is 0.175 e. The Balaban J connectivity index is 2.22. The van der Waals surface area contributed by atoms with E-state index in [-0.39, 0.29) is 6.04 Å². The lowest BCUT2D eigenvalue weighted by atomic mass is 10.0. The predicted octanol–water partition coefficient (Wildman–Crippen LogP) is 1.61. The SMILES string of the molecule is C=CC[C@H](c1ccc(S(C)(=O)=O)cc1)N1CCNCC1. The Morgan fingerprint density at radius 3 is 2.40 bits per heavy atom. The molecule has 0 spiro atoms. The minimum atomic E-state index is -3.13. The van der Waals surface area contributed by atoms with Crippen molar-refractivity contribution in [3.8, 4) is 0 Å². The molecule has 0 amide bonds. The molecule has 0 aliphatic carbocycles. The van der Waals surface area contributed by atoms with E-state index in [0.717, 1.165) is 38.2 Å². The lowest BCUT2D eigenvalue weighted by molar-refractivity contribution is 0.174. The van der Waals surface area contributed by atoms with Crippen molar-refractivity contribution in [2.45, 2.75) is 17.4 Å². The number of hydrogen-bond acceptors (Lipinski definition) is 4. The van der Waals surface area contributed by atoms with Crippen molar-refractivity contribution in [2.24, 2.45) is 0 Å². The maximum absolute atomic E-state index is 11.5. The maximum Gasteiger partial charge on any atom is 0.175 e. The number of nitrogens with one attached hydrogen (secondary N) is 1. The molecule has 1 aliphatic rings. The van der Waals surface area contributed by atoms with Crippen molar-refractivity contribution in [2.75, 3.05) is 32.4 Å². The molecule has 0 saturated carbocycles. The summed E-state index contributed by atoms with van der Waals surface area (Å²) in [7, 11) is -3.13. The van der Waals surface area contributed by atoms with Gasteiger partial charge >= 0.3 is 0 Å². The van der Waals surface area contributed by atoms with Crippen molar-refractivity contribution in [1.29, 1.82) is 0 Å². The third-order valence-electron chi connectivity index (χ3n) is 3.68. The lowest BCUT2D eigenvalue weighted by Gasteiger charge is -2.34. The topological polar surface area (TPSA) is 49.4 Å². The van der Waals surface area contributed by atoms with E-state index >= 15 is 0 Å². The molecule has 0 aromatic heterocycles. The van der Waals surface area contributed by atoms with Gasteiger partial charge in [0.05, 0.1) is 4.90 Å². The van der Waals surface area contributed by atoms with Crippen LogP contribution in [0.3, 0.4) is 0 Å². The molecule has 1 saturated heterocycles. The summed E-state index contributed by atoms with van der Waals surface area (Å²) in [5, 5.41) is 3.35. The van der Waals surface area contributed by atoms with Crippen molar-refractivity contribution in [1.82, 2.24) is 10.2 Å². The molecule has 1 fully saturated rings. The summed E-state index contributed by atoms with van der Waals surface area (Å²) < 4.78 is 23.0. The first-order valence-corrected chi connectivity index (χ1v) is 8.77. The molecule has 1 heterocycles. The van der Waals surface area contributed by atoms with Crippen LogP contribution in [0.2, 0.25) is 0 Å². The van der Waals surface area contributed by atoms with E-state index in [1.807, 2.05) is 18.2 Å². The summed E-state index contributed by atoms with van der Waals surface area (Å²) in [6.07, 6.45) is 4.04. The van der Waals surface area contributed by atoms with Crippen LogP contribution in [-0.4, -0.2) is 45.8 Å². The zero-order valence-electron chi connectivity index (χ0n) is 11.9. The first kappa shape index (κ1) is 15.2. The quantitative estimate of drug-likeness (QED) is 0.838. The van der Waals surface area contributed by atoms with Crippen LogP contribution in [0.4, 0.5) is 0 Å². The summed E-state index contributed by atoms with van der Waals surface area (Å²) in [5.74, 6) is 0. The molecule has 1 aromatic carbocycles. The van der Waals surface area contributed by atoms with Gasteiger partial charge in [-0.3, -0.25) is 4.90 Å². The van der Waals surface area contributed by atoms with Gasteiger partial charge in [-0.2, -0.15) is 0 Å². The molecule has 2 rings (SSSR count). The number of sulfone groups is 1. The number of piperazine rings is 1. The van der Waals surface area contributed by atoms with E-state index in [0.29, 0.717) is 4.90 Å². The molecular formula is C15H22N2O2S. The monoisotopic (exact) mass is 294 g/mol. The third-order valence-corrected chi connectivity index (χ3v) is 4.80. The minimum absolute atomic E-state index is 0.281. The fourth-order valence-electron chi connectivity index (χ4n) is 2.58. The Labute approximate surface area is 121 Å². The van der Waals surface area contributed by atoms with Crippen LogP contribution in [0.15, 0.2) is 41.8 Å². The van der Waals surface area contributed by atoms with Gasteiger partial charge in [-0.15, -0.1) is 6.58 Å². The molecular weight excluding hydrogens is 272 g/mol. The molecule has 0 radical (unpaired) electrons. The zero-order valence-corrected chi connectivity index (χ0v) is 12.7. The summed E-state index contributed by atoms with van der Waals surface area (Å²) >= 11 is 0. The van der Waals surface area contributed by atoms with Gasteiger partial charge in [0.1, 0.15) is 0 Å². The predicted molar refractivity (Wildman–Crippen MR) is 81.5 cm³/mol. The molecule has 110 valence electrons. The minimum Gasteiger partial charge on any atom is -0.314 e. The first-order valence-electron chi connectivity index (χ1n) is 6.88. The van der Waals surface area contributed by atoms with Crippen LogP contribution in [0.5, 0.6) is 0 Å². The van der Waals surface area contributed by atoms with E-state index in [1.165, 1.54) is 6.26 Å². The number of hydrogen-bond donors (Lipinski definition) is 1. The molecule has 4 nitrogen and oxygen atoms in total. The zero-order chi connectivity index (χ0) is 14.6. The van der Waals surface area contributed by atoms with Crippen molar-refractivity contribution in [3.05, 3.63) is 42.5 Å². The van der Waals surface area contributed by atoms with Gasteiger partial charge in [0.25, 0.3) is 0 Å². The van der Waals surface area contributed by atoms with Gasteiger partial charge in [-0.25, -0.2) is 8.42 Å².